The van der Waals surface area contributed by atoms with Crippen LogP contribution in [-0.4, -0.2) is 35.7 Å². The Hall–Kier alpha value is -1.36. The highest BCUT2D eigenvalue weighted by Crippen LogP contribution is 2.38. The van der Waals surface area contributed by atoms with Crippen molar-refractivity contribution in [3.05, 3.63) is 17.5 Å². The van der Waals surface area contributed by atoms with Crippen LogP contribution in [0.2, 0.25) is 0 Å². The predicted molar refractivity (Wildman–Crippen MR) is 77.6 cm³/mol. The van der Waals surface area contributed by atoms with Gasteiger partial charge in [-0.3, -0.25) is 4.79 Å². The molecule has 0 radical (unpaired) electrons. The van der Waals surface area contributed by atoms with Gasteiger partial charge in [-0.2, -0.15) is 0 Å². The van der Waals surface area contributed by atoms with Gasteiger partial charge in [0.05, 0.1) is 13.2 Å². The average molecular weight is 292 g/mol. The van der Waals surface area contributed by atoms with Crippen molar-refractivity contribution in [2.45, 2.75) is 46.1 Å². The summed E-state index contributed by atoms with van der Waals surface area (Å²) in [4.78, 5) is 14.1. The van der Waals surface area contributed by atoms with Gasteiger partial charge in [0.1, 0.15) is 11.5 Å². The summed E-state index contributed by atoms with van der Waals surface area (Å²) >= 11 is 0. The van der Waals surface area contributed by atoms with E-state index in [0.717, 1.165) is 50.5 Å². The normalized spacial score (nSPS) is 26.2. The van der Waals surface area contributed by atoms with Crippen LogP contribution < -0.4 is 0 Å². The Balaban J connectivity index is 1.65. The van der Waals surface area contributed by atoms with E-state index in [0.29, 0.717) is 18.9 Å². The van der Waals surface area contributed by atoms with Crippen LogP contribution in [0.3, 0.4) is 0 Å². The first-order valence-corrected chi connectivity index (χ1v) is 7.86. The van der Waals surface area contributed by atoms with E-state index in [2.05, 4.69) is 19.0 Å². The Morgan fingerprint density at radius 1 is 1.43 bits per heavy atom. The Labute approximate surface area is 125 Å². The zero-order valence-corrected chi connectivity index (χ0v) is 12.9. The quantitative estimate of drug-likeness (QED) is 0.855. The number of likely N-dealkylation sites (tertiary alicyclic amines) is 1. The molecule has 0 N–H and O–H groups in total. The van der Waals surface area contributed by atoms with Crippen LogP contribution in [0, 0.1) is 11.3 Å². The molecule has 1 amide bonds. The van der Waals surface area contributed by atoms with Gasteiger partial charge >= 0.3 is 0 Å². The van der Waals surface area contributed by atoms with E-state index < -0.39 is 0 Å². The van der Waals surface area contributed by atoms with Crippen molar-refractivity contribution in [3.8, 4) is 0 Å². The lowest BCUT2D eigenvalue weighted by atomic mass is 9.79. The van der Waals surface area contributed by atoms with Crippen LogP contribution >= 0.6 is 0 Å². The van der Waals surface area contributed by atoms with Gasteiger partial charge in [-0.25, -0.2) is 0 Å². The minimum Gasteiger partial charge on any atom is -0.381 e. The first kappa shape index (κ1) is 14.6. The summed E-state index contributed by atoms with van der Waals surface area (Å²) in [5, 5.41) is 4.11. The largest absolute Gasteiger partial charge is 0.381 e. The molecule has 2 saturated heterocycles. The first-order chi connectivity index (χ1) is 10.1. The standard InChI is InChI=1S/C16H24N2O3/c1-12(2)7-14-8-13(17-21-14)9-18-10-16(4-3-15(18)19)5-6-20-11-16/h8,12H,3-7,9-11H2,1-2H3/t16-/m0/s1. The molecule has 1 spiro atoms. The molecule has 1 aromatic rings. The van der Waals surface area contributed by atoms with Gasteiger partial charge in [-0.1, -0.05) is 19.0 Å². The van der Waals surface area contributed by atoms with Gasteiger partial charge in [0.25, 0.3) is 0 Å². The average Bonchev–Trinajstić information content (AvgIpc) is 3.04. The van der Waals surface area contributed by atoms with Gasteiger partial charge in [0, 0.05) is 37.5 Å². The van der Waals surface area contributed by atoms with Crippen molar-refractivity contribution in [1.82, 2.24) is 10.1 Å². The second-order valence-electron chi connectivity index (χ2n) is 6.93. The van der Waals surface area contributed by atoms with Crippen molar-refractivity contribution >= 4 is 5.91 Å². The summed E-state index contributed by atoms with van der Waals surface area (Å²) in [7, 11) is 0. The second kappa shape index (κ2) is 5.79. The van der Waals surface area contributed by atoms with E-state index in [9.17, 15) is 4.79 Å². The van der Waals surface area contributed by atoms with Crippen molar-refractivity contribution < 1.29 is 14.1 Å². The molecule has 3 heterocycles. The van der Waals surface area contributed by atoms with Crippen LogP contribution in [0.25, 0.3) is 0 Å². The molecule has 0 aliphatic carbocycles. The lowest BCUT2D eigenvalue weighted by Gasteiger charge is -2.38. The molecule has 21 heavy (non-hydrogen) atoms. The monoisotopic (exact) mass is 292 g/mol. The molecule has 2 aliphatic rings. The van der Waals surface area contributed by atoms with Crippen molar-refractivity contribution in [2.75, 3.05) is 19.8 Å². The molecule has 3 rings (SSSR count). The maximum atomic E-state index is 12.1. The van der Waals surface area contributed by atoms with E-state index in [-0.39, 0.29) is 11.3 Å². The van der Waals surface area contributed by atoms with Crippen molar-refractivity contribution in [3.63, 3.8) is 0 Å². The SMILES string of the molecule is CC(C)Cc1cc(CN2C[C@@]3(CCOC3)CCC2=O)no1. The van der Waals surface area contributed by atoms with E-state index in [1.807, 2.05) is 11.0 Å². The molecule has 0 aromatic carbocycles. The Kier molecular flexibility index (Phi) is 4.02. The fourth-order valence-corrected chi connectivity index (χ4v) is 3.34. The summed E-state index contributed by atoms with van der Waals surface area (Å²) in [5.74, 6) is 1.67. The number of carbonyl (C=O) groups is 1. The Morgan fingerprint density at radius 3 is 3.00 bits per heavy atom. The number of ether oxygens (including phenoxy) is 1. The van der Waals surface area contributed by atoms with Crippen LogP contribution in [0.5, 0.6) is 0 Å². The van der Waals surface area contributed by atoms with Crippen LogP contribution in [0.15, 0.2) is 10.6 Å². The first-order valence-electron chi connectivity index (χ1n) is 7.86. The number of hydrogen-bond donors (Lipinski definition) is 0. The molecule has 0 bridgehead atoms. The van der Waals surface area contributed by atoms with Crippen LogP contribution in [0.1, 0.15) is 44.6 Å². The van der Waals surface area contributed by atoms with Gasteiger partial charge in [-0.15, -0.1) is 0 Å². The number of hydrogen-bond acceptors (Lipinski definition) is 4. The van der Waals surface area contributed by atoms with Gasteiger partial charge in [-0.05, 0) is 18.8 Å². The summed E-state index contributed by atoms with van der Waals surface area (Å²) in [6, 6.07) is 1.99. The topological polar surface area (TPSA) is 55.6 Å². The van der Waals surface area contributed by atoms with E-state index >= 15 is 0 Å². The molecule has 116 valence electrons. The van der Waals surface area contributed by atoms with Crippen LogP contribution in [-0.2, 0) is 22.5 Å². The summed E-state index contributed by atoms with van der Waals surface area (Å²) in [6.07, 6.45) is 3.53. The summed E-state index contributed by atoms with van der Waals surface area (Å²) < 4.78 is 10.9. The minimum absolute atomic E-state index is 0.179. The third kappa shape index (κ3) is 3.28. The molecular formula is C16H24N2O3. The molecular weight excluding hydrogens is 268 g/mol. The predicted octanol–water partition coefficient (Wildman–Crippen LogP) is 2.40. The molecule has 0 unspecified atom stereocenters. The molecule has 2 fully saturated rings. The highest BCUT2D eigenvalue weighted by atomic mass is 16.5. The number of nitrogens with zero attached hydrogens (tertiary/aromatic N) is 2. The van der Waals surface area contributed by atoms with Crippen molar-refractivity contribution in [2.24, 2.45) is 11.3 Å². The fourth-order valence-electron chi connectivity index (χ4n) is 3.34. The highest BCUT2D eigenvalue weighted by molar-refractivity contribution is 5.77. The fraction of sp³-hybridized carbons (Fsp3) is 0.750. The zero-order valence-electron chi connectivity index (χ0n) is 12.9. The number of carbonyl (C=O) groups excluding carboxylic acids is 1. The molecule has 1 atom stereocenters. The Bertz CT molecular complexity index is 503. The lowest BCUT2D eigenvalue weighted by molar-refractivity contribution is -0.138. The third-order valence-corrected chi connectivity index (χ3v) is 4.50. The van der Waals surface area contributed by atoms with Gasteiger partial charge in [0.2, 0.25) is 5.91 Å². The van der Waals surface area contributed by atoms with Gasteiger partial charge in [0.15, 0.2) is 0 Å². The number of rotatable bonds is 4. The molecule has 5 heteroatoms. The number of piperidine rings is 1. The second-order valence-corrected chi connectivity index (χ2v) is 6.93. The lowest BCUT2D eigenvalue weighted by Crippen LogP contribution is -2.46. The molecule has 0 saturated carbocycles. The van der Waals surface area contributed by atoms with Crippen molar-refractivity contribution in [1.29, 1.82) is 0 Å². The van der Waals surface area contributed by atoms with E-state index in [1.165, 1.54) is 0 Å². The molecule has 1 aromatic heterocycles. The number of aromatic nitrogens is 1. The third-order valence-electron chi connectivity index (χ3n) is 4.50. The summed E-state index contributed by atoms with van der Waals surface area (Å²) in [5.41, 5.74) is 1.04. The van der Waals surface area contributed by atoms with E-state index in [1.54, 1.807) is 0 Å². The molecule has 5 nitrogen and oxygen atoms in total. The minimum atomic E-state index is 0.179. The van der Waals surface area contributed by atoms with Crippen LogP contribution in [0.4, 0.5) is 0 Å². The maximum Gasteiger partial charge on any atom is 0.222 e. The molecule has 2 aliphatic heterocycles. The highest BCUT2D eigenvalue weighted by Gasteiger charge is 2.41. The smallest absolute Gasteiger partial charge is 0.222 e. The van der Waals surface area contributed by atoms with Gasteiger partial charge < -0.3 is 14.2 Å². The Morgan fingerprint density at radius 2 is 2.29 bits per heavy atom. The zero-order chi connectivity index (χ0) is 14.9. The summed E-state index contributed by atoms with van der Waals surface area (Å²) in [6.45, 7) is 7.26. The van der Waals surface area contributed by atoms with E-state index in [4.69, 9.17) is 9.26 Å². The number of amides is 1. The maximum absolute atomic E-state index is 12.1.